The lowest BCUT2D eigenvalue weighted by molar-refractivity contribution is 0.396. The molecular weight excluding hydrogens is 692 g/mol. The summed E-state index contributed by atoms with van der Waals surface area (Å²) in [6.45, 7) is 4.10. The third-order valence-corrected chi connectivity index (χ3v) is 9.53. The summed E-state index contributed by atoms with van der Waals surface area (Å²) in [6, 6.07) is 48.0. The van der Waals surface area contributed by atoms with Crippen molar-refractivity contribution in [3.8, 4) is 22.5 Å². The Balaban J connectivity index is 0.000000324. The van der Waals surface area contributed by atoms with E-state index in [0.29, 0.717) is 11.0 Å². The third-order valence-electron chi connectivity index (χ3n) is 8.52. The molecule has 0 fully saturated rings. The van der Waals surface area contributed by atoms with E-state index < -0.39 is 5.54 Å². The van der Waals surface area contributed by atoms with Gasteiger partial charge in [0, 0.05) is 17.3 Å². The summed E-state index contributed by atoms with van der Waals surface area (Å²) in [6.07, 6.45) is 3.37. The Morgan fingerprint density at radius 3 is 1.73 bits per heavy atom. The number of hydrogen-bond acceptors (Lipinski definition) is 4. The normalized spacial score (nSPS) is 11.2. The molecule has 246 valence electrons. The van der Waals surface area contributed by atoms with Crippen LogP contribution in [0.25, 0.3) is 22.5 Å². The first-order valence-electron chi connectivity index (χ1n) is 16.5. The zero-order chi connectivity index (χ0) is 34.1. The molecule has 0 saturated carbocycles. The minimum absolute atomic E-state index is 0.581. The molecule has 2 aromatic heterocycles. The predicted octanol–water partition coefficient (Wildman–Crippen LogP) is 10.5. The molecule has 0 aliphatic heterocycles. The van der Waals surface area contributed by atoms with Crippen LogP contribution in [-0.4, -0.2) is 30.2 Å². The summed E-state index contributed by atoms with van der Waals surface area (Å²) in [5.74, 6) is 1.59. The first-order chi connectivity index (χ1) is 24.0. The van der Waals surface area contributed by atoms with Gasteiger partial charge in [0.1, 0.15) is 11.0 Å². The maximum Gasteiger partial charge on any atom is 0.205 e. The molecule has 0 saturated heterocycles. The quantitative estimate of drug-likeness (QED) is 0.112. The van der Waals surface area contributed by atoms with Crippen molar-refractivity contribution in [2.24, 2.45) is 0 Å². The lowest BCUT2D eigenvalue weighted by Crippen LogP contribution is -2.39. The number of nitrogens with zero attached hydrogens (tertiary/aromatic N) is 5. The molecule has 0 spiro atoms. The van der Waals surface area contributed by atoms with E-state index in [1.54, 1.807) is 4.80 Å². The second kappa shape index (κ2) is 16.0. The number of rotatable bonds is 10. The highest BCUT2D eigenvalue weighted by Crippen LogP contribution is 2.40. The van der Waals surface area contributed by atoms with Crippen molar-refractivity contribution in [3.63, 3.8) is 0 Å². The Labute approximate surface area is 301 Å². The highest BCUT2D eigenvalue weighted by atomic mass is 79.9. The van der Waals surface area contributed by atoms with Crippen LogP contribution < -0.4 is 0 Å². The topological polar surface area (TPSA) is 72.3 Å². The van der Waals surface area contributed by atoms with E-state index in [1.165, 1.54) is 18.4 Å². The predicted molar refractivity (Wildman–Crippen MR) is 203 cm³/mol. The van der Waals surface area contributed by atoms with Crippen molar-refractivity contribution in [2.75, 3.05) is 0 Å². The van der Waals surface area contributed by atoms with E-state index in [0.717, 1.165) is 56.6 Å². The maximum atomic E-state index is 5.77. The number of unbranched alkanes of at least 4 members (excludes halogenated alkanes) is 1. The van der Waals surface area contributed by atoms with Crippen LogP contribution in [0.4, 0.5) is 0 Å². The number of H-pyrrole nitrogens is 1. The number of hydrogen-bond donors (Lipinski definition) is 1. The minimum atomic E-state index is -0.804. The highest BCUT2D eigenvalue weighted by molar-refractivity contribution is 9.08. The summed E-state index contributed by atoms with van der Waals surface area (Å²) in [4.78, 5) is 9.06. The van der Waals surface area contributed by atoms with Gasteiger partial charge in [-0.25, -0.2) is 4.98 Å². The van der Waals surface area contributed by atoms with Gasteiger partial charge in [-0.2, -0.15) is 0 Å². The van der Waals surface area contributed by atoms with E-state index in [9.17, 15) is 0 Å². The number of aryl methyl sites for hydroxylation is 2. The fourth-order valence-corrected chi connectivity index (χ4v) is 6.54. The number of aromatic nitrogens is 6. The molecule has 0 radical (unpaired) electrons. The Hall–Kier alpha value is -4.85. The van der Waals surface area contributed by atoms with E-state index >= 15 is 0 Å². The Bertz CT molecular complexity index is 1940. The lowest BCUT2D eigenvalue weighted by atomic mass is 9.77. The van der Waals surface area contributed by atoms with Gasteiger partial charge in [0.25, 0.3) is 0 Å². The SMILES string of the molecule is BrCc1ccc(-c2ccccc2-c2nnn(C(c3ccccc3)(c3ccccc3)c3ccccc3)n2)cc1.CCCCc1nc(Cl)c(C)[nH]1. The Morgan fingerprint density at radius 2 is 1.24 bits per heavy atom. The molecule has 0 unspecified atom stereocenters. The van der Waals surface area contributed by atoms with Crippen LogP contribution in [0.3, 0.4) is 0 Å². The molecule has 49 heavy (non-hydrogen) atoms. The lowest BCUT2D eigenvalue weighted by Gasteiger charge is -2.34. The van der Waals surface area contributed by atoms with Gasteiger partial charge in [-0.1, -0.05) is 180 Å². The molecule has 1 N–H and O–H groups in total. The summed E-state index contributed by atoms with van der Waals surface area (Å²) < 4.78 is 0. The zero-order valence-electron chi connectivity index (χ0n) is 27.6. The summed E-state index contributed by atoms with van der Waals surface area (Å²) in [7, 11) is 0. The van der Waals surface area contributed by atoms with Crippen LogP contribution in [0, 0.1) is 6.92 Å². The number of aromatic amines is 1. The first kappa shape index (κ1) is 34.0. The van der Waals surface area contributed by atoms with Gasteiger partial charge in [0.05, 0.1) is 5.69 Å². The highest BCUT2D eigenvalue weighted by Gasteiger charge is 2.41. The molecule has 2 heterocycles. The number of benzene rings is 5. The monoisotopic (exact) mass is 728 g/mol. The van der Waals surface area contributed by atoms with Crippen LogP contribution >= 0.6 is 27.5 Å². The average Bonchev–Trinajstić information content (AvgIpc) is 3.79. The molecular formula is C41H38BrClN6. The second-order valence-electron chi connectivity index (χ2n) is 11.8. The van der Waals surface area contributed by atoms with Gasteiger partial charge in [-0.05, 0) is 51.9 Å². The van der Waals surface area contributed by atoms with E-state index in [-0.39, 0.29) is 0 Å². The van der Waals surface area contributed by atoms with E-state index in [1.807, 2.05) is 37.3 Å². The Kier molecular flexibility index (Phi) is 11.1. The summed E-state index contributed by atoms with van der Waals surface area (Å²) in [5, 5.41) is 15.9. The van der Waals surface area contributed by atoms with Crippen LogP contribution in [-0.2, 0) is 17.3 Å². The van der Waals surface area contributed by atoms with Gasteiger partial charge in [0.15, 0.2) is 5.54 Å². The molecule has 5 aromatic carbocycles. The third kappa shape index (κ3) is 7.43. The molecule has 0 atom stereocenters. The molecule has 0 amide bonds. The summed E-state index contributed by atoms with van der Waals surface area (Å²) >= 11 is 9.30. The molecule has 7 aromatic rings. The fraction of sp³-hybridized carbons (Fsp3) is 0.171. The van der Waals surface area contributed by atoms with Crippen molar-refractivity contribution in [2.45, 2.75) is 44.0 Å². The molecule has 0 bridgehead atoms. The fourth-order valence-electron chi connectivity index (χ4n) is 6.01. The van der Waals surface area contributed by atoms with Crippen LogP contribution in [0.2, 0.25) is 5.15 Å². The van der Waals surface area contributed by atoms with Crippen molar-refractivity contribution in [3.05, 3.63) is 178 Å². The molecule has 0 aliphatic rings. The van der Waals surface area contributed by atoms with Gasteiger partial charge in [-0.15, -0.1) is 15.0 Å². The maximum absolute atomic E-state index is 5.77. The molecule has 8 heteroatoms. The standard InChI is InChI=1S/C33H25BrN4.C8H13ClN2/c34-24-25-20-22-26(23-21-25)30-18-10-11-19-31(30)32-35-37-38(36-32)33(27-12-4-1-5-13-27,28-14-6-2-7-15-28)29-16-8-3-9-17-29;1-3-4-5-7-10-6(2)8(9)11-7/h1-23H,24H2;3-5H2,1-2H3,(H,10,11). The zero-order valence-corrected chi connectivity index (χ0v) is 29.9. The van der Waals surface area contributed by atoms with Crippen molar-refractivity contribution < 1.29 is 0 Å². The Morgan fingerprint density at radius 1 is 0.714 bits per heavy atom. The van der Waals surface area contributed by atoms with Gasteiger partial charge < -0.3 is 4.98 Å². The van der Waals surface area contributed by atoms with Crippen molar-refractivity contribution in [1.82, 2.24) is 30.2 Å². The molecule has 7 rings (SSSR count). The number of halogens is 2. The van der Waals surface area contributed by atoms with Gasteiger partial charge in [0.2, 0.25) is 5.82 Å². The minimum Gasteiger partial charge on any atom is -0.345 e. The van der Waals surface area contributed by atoms with Crippen LogP contribution in [0.5, 0.6) is 0 Å². The van der Waals surface area contributed by atoms with Crippen LogP contribution in [0.1, 0.15) is 53.5 Å². The smallest absolute Gasteiger partial charge is 0.205 e. The van der Waals surface area contributed by atoms with Crippen molar-refractivity contribution >= 4 is 27.5 Å². The average molecular weight is 730 g/mol. The molecule has 0 aliphatic carbocycles. The number of alkyl halides is 1. The number of nitrogens with one attached hydrogen (secondary N) is 1. The van der Waals surface area contributed by atoms with Gasteiger partial charge >= 0.3 is 0 Å². The van der Waals surface area contributed by atoms with Gasteiger partial charge in [-0.3, -0.25) is 0 Å². The number of tetrazole rings is 1. The number of imidazole rings is 1. The van der Waals surface area contributed by atoms with Crippen molar-refractivity contribution in [1.29, 1.82) is 0 Å². The van der Waals surface area contributed by atoms with E-state index in [2.05, 4.69) is 147 Å². The first-order valence-corrected chi connectivity index (χ1v) is 18.0. The second-order valence-corrected chi connectivity index (χ2v) is 12.7. The summed E-state index contributed by atoms with van der Waals surface area (Å²) in [5.41, 5.74) is 7.68. The molecule has 6 nitrogen and oxygen atoms in total. The van der Waals surface area contributed by atoms with E-state index in [4.69, 9.17) is 21.9 Å². The largest absolute Gasteiger partial charge is 0.345 e. The van der Waals surface area contributed by atoms with Crippen LogP contribution in [0.15, 0.2) is 140 Å².